The number of hydrogen-bond donors (Lipinski definition) is 0. The van der Waals surface area contributed by atoms with Gasteiger partial charge in [0.05, 0.1) is 18.1 Å². The average Bonchev–Trinajstić information content (AvgIpc) is 2.87. The standard InChI is InChI=1S/C16H19NO/c17-11-16(7-2-8-18-12-16)10-13-5-6-14-3-1-4-15(14)9-13/h5-6,9H,1-4,7-8,10,12H2. The van der Waals surface area contributed by atoms with E-state index in [0.29, 0.717) is 6.61 Å². The highest BCUT2D eigenvalue weighted by Gasteiger charge is 2.33. The molecule has 18 heavy (non-hydrogen) atoms. The maximum atomic E-state index is 9.47. The summed E-state index contributed by atoms with van der Waals surface area (Å²) in [4.78, 5) is 0. The molecule has 1 saturated heterocycles. The number of benzene rings is 1. The Morgan fingerprint density at radius 3 is 2.89 bits per heavy atom. The van der Waals surface area contributed by atoms with Gasteiger partial charge in [-0.05, 0) is 55.2 Å². The Balaban J connectivity index is 1.81. The van der Waals surface area contributed by atoms with Crippen molar-refractivity contribution >= 4 is 0 Å². The Bertz CT molecular complexity index is 480. The zero-order chi connectivity index (χ0) is 12.4. The van der Waals surface area contributed by atoms with Crippen molar-refractivity contribution in [3.63, 3.8) is 0 Å². The van der Waals surface area contributed by atoms with Crippen LogP contribution in [0.2, 0.25) is 0 Å². The minimum Gasteiger partial charge on any atom is -0.380 e. The van der Waals surface area contributed by atoms with Gasteiger partial charge in [-0.2, -0.15) is 5.26 Å². The van der Waals surface area contributed by atoms with Crippen LogP contribution < -0.4 is 0 Å². The third-order valence-electron chi connectivity index (χ3n) is 4.26. The number of nitriles is 1. The molecule has 2 nitrogen and oxygen atoms in total. The minimum absolute atomic E-state index is 0.287. The summed E-state index contributed by atoms with van der Waals surface area (Å²) >= 11 is 0. The Labute approximate surface area is 109 Å². The quantitative estimate of drug-likeness (QED) is 0.797. The highest BCUT2D eigenvalue weighted by atomic mass is 16.5. The summed E-state index contributed by atoms with van der Waals surface area (Å²) in [5.74, 6) is 0. The zero-order valence-corrected chi connectivity index (χ0v) is 10.7. The largest absolute Gasteiger partial charge is 0.380 e. The van der Waals surface area contributed by atoms with Crippen LogP contribution in [0.4, 0.5) is 0 Å². The molecule has 0 radical (unpaired) electrons. The Kier molecular flexibility index (Phi) is 3.09. The first-order valence-electron chi connectivity index (χ1n) is 6.91. The second-order valence-electron chi connectivity index (χ2n) is 5.68. The SMILES string of the molecule is N#CC1(Cc2ccc3c(c2)CCC3)CCCOC1. The lowest BCUT2D eigenvalue weighted by molar-refractivity contribution is 0.0223. The van der Waals surface area contributed by atoms with Crippen LogP contribution in [0, 0.1) is 16.7 Å². The van der Waals surface area contributed by atoms with Gasteiger partial charge in [-0.3, -0.25) is 0 Å². The van der Waals surface area contributed by atoms with E-state index in [1.807, 2.05) is 0 Å². The normalized spacial score (nSPS) is 26.6. The lowest BCUT2D eigenvalue weighted by atomic mass is 9.78. The van der Waals surface area contributed by atoms with Gasteiger partial charge < -0.3 is 4.74 Å². The van der Waals surface area contributed by atoms with Crippen molar-refractivity contribution < 1.29 is 4.74 Å². The molecule has 0 aromatic heterocycles. The van der Waals surface area contributed by atoms with E-state index in [4.69, 9.17) is 4.74 Å². The highest BCUT2D eigenvalue weighted by Crippen LogP contribution is 2.33. The lowest BCUT2D eigenvalue weighted by Gasteiger charge is -2.30. The van der Waals surface area contributed by atoms with Crippen molar-refractivity contribution in [2.24, 2.45) is 5.41 Å². The van der Waals surface area contributed by atoms with Crippen molar-refractivity contribution in [1.82, 2.24) is 0 Å². The van der Waals surface area contributed by atoms with Gasteiger partial charge in [-0.1, -0.05) is 18.2 Å². The molecule has 3 rings (SSSR count). The third-order valence-corrected chi connectivity index (χ3v) is 4.26. The summed E-state index contributed by atoms with van der Waals surface area (Å²) in [7, 11) is 0. The lowest BCUT2D eigenvalue weighted by Crippen LogP contribution is -2.32. The van der Waals surface area contributed by atoms with Crippen molar-refractivity contribution in [3.8, 4) is 6.07 Å². The van der Waals surface area contributed by atoms with E-state index in [1.54, 1.807) is 0 Å². The van der Waals surface area contributed by atoms with Crippen LogP contribution in [0.25, 0.3) is 0 Å². The second kappa shape index (κ2) is 4.74. The molecule has 1 aliphatic carbocycles. The van der Waals surface area contributed by atoms with E-state index in [9.17, 15) is 5.26 Å². The van der Waals surface area contributed by atoms with Crippen molar-refractivity contribution in [2.75, 3.05) is 13.2 Å². The van der Waals surface area contributed by atoms with Crippen LogP contribution in [0.5, 0.6) is 0 Å². The first kappa shape index (κ1) is 11.7. The molecule has 1 heterocycles. The van der Waals surface area contributed by atoms with Crippen LogP contribution in [0.1, 0.15) is 36.0 Å². The maximum Gasteiger partial charge on any atom is 0.0847 e. The van der Waals surface area contributed by atoms with Gasteiger partial charge in [0.25, 0.3) is 0 Å². The number of fused-ring (bicyclic) bond motifs is 1. The predicted octanol–water partition coefficient (Wildman–Crippen LogP) is 3.04. The Morgan fingerprint density at radius 2 is 2.11 bits per heavy atom. The molecule has 1 atom stereocenters. The number of rotatable bonds is 2. The van der Waals surface area contributed by atoms with Crippen molar-refractivity contribution in [3.05, 3.63) is 34.9 Å². The van der Waals surface area contributed by atoms with Crippen molar-refractivity contribution in [2.45, 2.75) is 38.5 Å². The minimum atomic E-state index is -0.287. The fourth-order valence-electron chi connectivity index (χ4n) is 3.25. The topological polar surface area (TPSA) is 33.0 Å². The predicted molar refractivity (Wildman–Crippen MR) is 70.3 cm³/mol. The van der Waals surface area contributed by atoms with Crippen LogP contribution in [0.3, 0.4) is 0 Å². The summed E-state index contributed by atoms with van der Waals surface area (Å²) < 4.78 is 5.52. The van der Waals surface area contributed by atoms with Gasteiger partial charge in [0.2, 0.25) is 0 Å². The van der Waals surface area contributed by atoms with Gasteiger partial charge in [0, 0.05) is 6.61 Å². The molecule has 2 aliphatic rings. The van der Waals surface area contributed by atoms with Gasteiger partial charge in [0.1, 0.15) is 0 Å². The number of aryl methyl sites for hydroxylation is 2. The first-order valence-corrected chi connectivity index (χ1v) is 6.91. The highest BCUT2D eigenvalue weighted by molar-refractivity contribution is 5.36. The molecule has 0 saturated carbocycles. The van der Waals surface area contributed by atoms with E-state index in [1.165, 1.54) is 36.0 Å². The van der Waals surface area contributed by atoms with E-state index < -0.39 is 0 Å². The third kappa shape index (κ3) is 2.15. The first-order chi connectivity index (χ1) is 8.81. The smallest absolute Gasteiger partial charge is 0.0847 e. The number of nitrogens with zero attached hydrogens (tertiary/aromatic N) is 1. The van der Waals surface area contributed by atoms with Gasteiger partial charge in [-0.15, -0.1) is 0 Å². The fraction of sp³-hybridized carbons (Fsp3) is 0.562. The molecule has 0 bridgehead atoms. The molecule has 94 valence electrons. The molecular formula is C16H19NO. The molecule has 0 amide bonds. The molecule has 1 aliphatic heterocycles. The summed E-state index contributed by atoms with van der Waals surface area (Å²) in [6, 6.07) is 9.29. The summed E-state index contributed by atoms with van der Waals surface area (Å²) in [5.41, 5.74) is 4.02. The van der Waals surface area contributed by atoms with Crippen LogP contribution in [-0.2, 0) is 24.0 Å². The van der Waals surface area contributed by atoms with Gasteiger partial charge >= 0.3 is 0 Å². The van der Waals surface area contributed by atoms with Crippen LogP contribution in [0.15, 0.2) is 18.2 Å². The molecule has 1 unspecified atom stereocenters. The van der Waals surface area contributed by atoms with Crippen LogP contribution in [-0.4, -0.2) is 13.2 Å². The van der Waals surface area contributed by atoms with E-state index in [0.717, 1.165) is 25.9 Å². The van der Waals surface area contributed by atoms with E-state index >= 15 is 0 Å². The Hall–Kier alpha value is -1.33. The Morgan fingerprint density at radius 1 is 1.22 bits per heavy atom. The molecular weight excluding hydrogens is 222 g/mol. The fourth-order valence-corrected chi connectivity index (χ4v) is 3.25. The van der Waals surface area contributed by atoms with Gasteiger partial charge in [0.15, 0.2) is 0 Å². The molecule has 0 N–H and O–H groups in total. The zero-order valence-electron chi connectivity index (χ0n) is 10.7. The molecule has 2 heteroatoms. The molecule has 1 aromatic rings. The molecule has 1 fully saturated rings. The molecule has 1 aromatic carbocycles. The van der Waals surface area contributed by atoms with E-state index in [2.05, 4.69) is 24.3 Å². The summed E-state index contributed by atoms with van der Waals surface area (Å²) in [5, 5.41) is 9.47. The summed E-state index contributed by atoms with van der Waals surface area (Å²) in [6.07, 6.45) is 6.54. The average molecular weight is 241 g/mol. The summed E-state index contributed by atoms with van der Waals surface area (Å²) in [6.45, 7) is 1.41. The van der Waals surface area contributed by atoms with Crippen molar-refractivity contribution in [1.29, 1.82) is 5.26 Å². The van der Waals surface area contributed by atoms with Crippen LogP contribution >= 0.6 is 0 Å². The van der Waals surface area contributed by atoms with Gasteiger partial charge in [-0.25, -0.2) is 0 Å². The maximum absolute atomic E-state index is 9.47. The number of ether oxygens (including phenoxy) is 1. The number of hydrogen-bond acceptors (Lipinski definition) is 2. The monoisotopic (exact) mass is 241 g/mol. The molecule has 0 spiro atoms. The second-order valence-corrected chi connectivity index (χ2v) is 5.68. The van der Waals surface area contributed by atoms with E-state index in [-0.39, 0.29) is 5.41 Å².